The molecule has 3 rings (SSSR count). The molecule has 0 unspecified atom stereocenters. The second kappa shape index (κ2) is 4.88. The fraction of sp³-hybridized carbons (Fsp3) is 0.846. The second-order valence-corrected chi connectivity index (χ2v) is 5.57. The molecule has 2 aliphatic heterocycles. The number of amides is 2. The second-order valence-electron chi connectivity index (χ2n) is 5.57. The molecule has 1 N–H and O–H groups in total. The van der Waals surface area contributed by atoms with Crippen molar-refractivity contribution in [3.8, 4) is 0 Å². The summed E-state index contributed by atoms with van der Waals surface area (Å²) in [5.74, 6) is 0.830. The molecule has 3 aliphatic rings. The quantitative estimate of drug-likeness (QED) is 0.740. The van der Waals surface area contributed by atoms with Crippen molar-refractivity contribution in [2.45, 2.75) is 31.7 Å². The van der Waals surface area contributed by atoms with Crippen LogP contribution in [0.2, 0.25) is 0 Å². The zero-order valence-electron chi connectivity index (χ0n) is 10.7. The van der Waals surface area contributed by atoms with Crippen LogP contribution >= 0.6 is 0 Å². The first kappa shape index (κ1) is 12.0. The van der Waals surface area contributed by atoms with Crippen LogP contribution in [0.3, 0.4) is 0 Å². The Morgan fingerprint density at radius 2 is 1.50 bits per heavy atom. The van der Waals surface area contributed by atoms with E-state index in [9.17, 15) is 9.59 Å². The van der Waals surface area contributed by atoms with Crippen molar-refractivity contribution in [3.63, 3.8) is 0 Å². The maximum absolute atomic E-state index is 12.2. The summed E-state index contributed by atoms with van der Waals surface area (Å²) in [6.45, 7) is 3.79. The summed E-state index contributed by atoms with van der Waals surface area (Å²) < 4.78 is 0. The van der Waals surface area contributed by atoms with E-state index in [-0.39, 0.29) is 11.9 Å². The van der Waals surface area contributed by atoms with Crippen molar-refractivity contribution in [1.29, 1.82) is 0 Å². The Bertz CT molecular complexity index is 340. The van der Waals surface area contributed by atoms with E-state index in [0.29, 0.717) is 38.0 Å². The van der Waals surface area contributed by atoms with Crippen LogP contribution in [0.25, 0.3) is 0 Å². The third-order valence-electron chi connectivity index (χ3n) is 4.19. The number of rotatable bonds is 2. The van der Waals surface area contributed by atoms with Gasteiger partial charge in [-0.1, -0.05) is 0 Å². The van der Waals surface area contributed by atoms with Crippen molar-refractivity contribution < 1.29 is 9.59 Å². The van der Waals surface area contributed by atoms with Gasteiger partial charge in [0.2, 0.25) is 11.8 Å². The number of nitrogens with one attached hydrogen (secondary N) is 1. The van der Waals surface area contributed by atoms with E-state index < -0.39 is 0 Å². The van der Waals surface area contributed by atoms with Crippen LogP contribution in [-0.4, -0.2) is 60.4 Å². The third kappa shape index (κ3) is 2.36. The monoisotopic (exact) mass is 251 g/mol. The number of piperazine rings is 1. The maximum atomic E-state index is 12.2. The molecule has 0 aromatic rings. The predicted octanol–water partition coefficient (Wildman–Crippen LogP) is -0.181. The van der Waals surface area contributed by atoms with Crippen LogP contribution in [0.15, 0.2) is 0 Å². The van der Waals surface area contributed by atoms with Gasteiger partial charge in [-0.25, -0.2) is 0 Å². The van der Waals surface area contributed by atoms with E-state index in [1.165, 1.54) is 0 Å². The Labute approximate surface area is 107 Å². The molecular weight excluding hydrogens is 230 g/mol. The lowest BCUT2D eigenvalue weighted by Gasteiger charge is -2.36. The highest BCUT2D eigenvalue weighted by molar-refractivity contribution is 5.83. The van der Waals surface area contributed by atoms with Crippen molar-refractivity contribution in [1.82, 2.24) is 15.1 Å². The van der Waals surface area contributed by atoms with Crippen molar-refractivity contribution in [2.75, 3.05) is 32.7 Å². The predicted molar refractivity (Wildman–Crippen MR) is 66.9 cm³/mol. The average molecular weight is 251 g/mol. The minimum absolute atomic E-state index is 0.0238. The molecule has 1 aliphatic carbocycles. The zero-order valence-corrected chi connectivity index (χ0v) is 10.7. The Kier molecular flexibility index (Phi) is 3.24. The van der Waals surface area contributed by atoms with Crippen molar-refractivity contribution in [2.24, 2.45) is 5.92 Å². The smallest absolute Gasteiger partial charge is 0.239 e. The van der Waals surface area contributed by atoms with Crippen LogP contribution in [0.1, 0.15) is 25.7 Å². The van der Waals surface area contributed by atoms with Crippen LogP contribution < -0.4 is 5.32 Å². The lowest BCUT2D eigenvalue weighted by molar-refractivity contribution is -0.141. The molecule has 0 spiro atoms. The van der Waals surface area contributed by atoms with Crippen LogP contribution in [0.5, 0.6) is 0 Å². The molecule has 18 heavy (non-hydrogen) atoms. The fourth-order valence-electron chi connectivity index (χ4n) is 2.85. The molecule has 5 heteroatoms. The number of carbonyl (C=O) groups excluding carboxylic acids is 2. The molecule has 1 atom stereocenters. The summed E-state index contributed by atoms with van der Waals surface area (Å²) in [5, 5.41) is 3.24. The highest BCUT2D eigenvalue weighted by Gasteiger charge is 2.36. The standard InChI is InChI=1S/C13H21N3O2/c17-12(10-3-4-10)15-6-8-16(9-7-15)13(18)11-2-1-5-14-11/h10-11,14H,1-9H2/t11-/m1/s1. The third-order valence-corrected chi connectivity index (χ3v) is 4.19. The lowest BCUT2D eigenvalue weighted by atomic mass is 10.2. The van der Waals surface area contributed by atoms with E-state index in [2.05, 4.69) is 5.32 Å². The Morgan fingerprint density at radius 3 is 2.00 bits per heavy atom. The number of carbonyl (C=O) groups is 2. The summed E-state index contributed by atoms with van der Waals surface area (Å²) >= 11 is 0. The van der Waals surface area contributed by atoms with Crippen molar-refractivity contribution in [3.05, 3.63) is 0 Å². The van der Waals surface area contributed by atoms with E-state index in [4.69, 9.17) is 0 Å². The maximum Gasteiger partial charge on any atom is 0.239 e. The number of hydrogen-bond acceptors (Lipinski definition) is 3. The van der Waals surface area contributed by atoms with Gasteiger partial charge in [0.25, 0.3) is 0 Å². The minimum atomic E-state index is 0.0238. The first-order valence-electron chi connectivity index (χ1n) is 7.06. The topological polar surface area (TPSA) is 52.7 Å². The van der Waals surface area contributed by atoms with Crippen LogP contribution in [-0.2, 0) is 9.59 Å². The van der Waals surface area contributed by atoms with Gasteiger partial charge in [0, 0.05) is 32.1 Å². The molecule has 2 saturated heterocycles. The van der Waals surface area contributed by atoms with Gasteiger partial charge in [-0.05, 0) is 32.2 Å². The molecule has 3 fully saturated rings. The van der Waals surface area contributed by atoms with Crippen LogP contribution in [0.4, 0.5) is 0 Å². The van der Waals surface area contributed by atoms with E-state index in [1.54, 1.807) is 0 Å². The molecule has 2 amide bonds. The summed E-state index contributed by atoms with van der Waals surface area (Å²) in [6, 6.07) is 0.0238. The van der Waals surface area contributed by atoms with Gasteiger partial charge in [-0.3, -0.25) is 9.59 Å². The minimum Gasteiger partial charge on any atom is -0.339 e. The molecule has 0 aromatic carbocycles. The lowest BCUT2D eigenvalue weighted by Crippen LogP contribution is -2.54. The molecule has 0 radical (unpaired) electrons. The van der Waals surface area contributed by atoms with E-state index >= 15 is 0 Å². The number of hydrogen-bond donors (Lipinski definition) is 1. The molecule has 0 aromatic heterocycles. The number of nitrogens with zero attached hydrogens (tertiary/aromatic N) is 2. The van der Waals surface area contributed by atoms with Gasteiger partial charge in [-0.2, -0.15) is 0 Å². The van der Waals surface area contributed by atoms with Gasteiger partial charge in [-0.15, -0.1) is 0 Å². The Morgan fingerprint density at radius 1 is 0.889 bits per heavy atom. The van der Waals surface area contributed by atoms with E-state index in [1.807, 2.05) is 9.80 Å². The summed E-state index contributed by atoms with van der Waals surface area (Å²) in [4.78, 5) is 27.9. The van der Waals surface area contributed by atoms with Gasteiger partial charge in [0.1, 0.15) is 0 Å². The molecule has 5 nitrogen and oxygen atoms in total. The Balaban J connectivity index is 1.49. The fourth-order valence-corrected chi connectivity index (χ4v) is 2.85. The highest BCUT2D eigenvalue weighted by Crippen LogP contribution is 2.31. The molecule has 100 valence electrons. The highest BCUT2D eigenvalue weighted by atomic mass is 16.2. The summed E-state index contributed by atoms with van der Waals surface area (Å²) in [5.41, 5.74) is 0. The van der Waals surface area contributed by atoms with Gasteiger partial charge < -0.3 is 15.1 Å². The SMILES string of the molecule is O=C(C1CC1)N1CCN(C(=O)[C@H]2CCCN2)CC1. The molecule has 0 bridgehead atoms. The first-order valence-corrected chi connectivity index (χ1v) is 7.06. The first-order chi connectivity index (χ1) is 8.75. The normalized spacial score (nSPS) is 28.6. The van der Waals surface area contributed by atoms with E-state index in [0.717, 1.165) is 32.2 Å². The van der Waals surface area contributed by atoms with Gasteiger partial charge in [0.05, 0.1) is 6.04 Å². The van der Waals surface area contributed by atoms with Crippen molar-refractivity contribution >= 4 is 11.8 Å². The zero-order chi connectivity index (χ0) is 12.5. The summed E-state index contributed by atoms with van der Waals surface area (Å²) in [7, 11) is 0. The molecule has 2 heterocycles. The molecule has 1 saturated carbocycles. The van der Waals surface area contributed by atoms with Gasteiger partial charge >= 0.3 is 0 Å². The average Bonchev–Trinajstić information content (AvgIpc) is 3.12. The molecular formula is C13H21N3O2. The van der Waals surface area contributed by atoms with Crippen LogP contribution in [0, 0.1) is 5.92 Å². The van der Waals surface area contributed by atoms with Gasteiger partial charge in [0.15, 0.2) is 0 Å². The summed E-state index contributed by atoms with van der Waals surface area (Å²) in [6.07, 6.45) is 4.17. The Hall–Kier alpha value is -1.10. The largest absolute Gasteiger partial charge is 0.339 e.